The molecule has 0 saturated heterocycles. The minimum absolute atomic E-state index is 0.167. The van der Waals surface area contributed by atoms with Gasteiger partial charge in [-0.25, -0.2) is 4.79 Å². The predicted octanol–water partition coefficient (Wildman–Crippen LogP) is 4.86. The van der Waals surface area contributed by atoms with E-state index in [1.54, 1.807) is 0 Å². The summed E-state index contributed by atoms with van der Waals surface area (Å²) in [5, 5.41) is 18.6. The number of carboxylic acid groups (broad SMARTS) is 1. The van der Waals surface area contributed by atoms with Gasteiger partial charge < -0.3 is 10.2 Å². The predicted molar refractivity (Wildman–Crippen MR) is 88.4 cm³/mol. The molecule has 0 aliphatic rings. The van der Waals surface area contributed by atoms with Crippen molar-refractivity contribution < 1.29 is 20.5 Å². The molecule has 0 aromatic heterocycles. The lowest BCUT2D eigenvalue weighted by Crippen LogP contribution is -2.05. The van der Waals surface area contributed by atoms with Crippen LogP contribution >= 0.6 is 0 Å². The first kappa shape index (κ1) is 13.6. The van der Waals surface area contributed by atoms with Gasteiger partial charge in [0.05, 0.1) is 11.6 Å². The Labute approximate surface area is 135 Å². The van der Waals surface area contributed by atoms with E-state index in [0.29, 0.717) is 12.8 Å². The molecule has 0 aromatic rings. The van der Waals surface area contributed by atoms with Gasteiger partial charge in [-0.1, -0.05) is 70.0 Å². The summed E-state index contributed by atoms with van der Waals surface area (Å²) in [5.41, 5.74) is 0. The maximum atomic E-state index is 10.6. The average Bonchev–Trinajstić information content (AvgIpc) is 2.58. The van der Waals surface area contributed by atoms with Crippen LogP contribution in [0.5, 0.6) is 0 Å². The second-order valence-corrected chi connectivity index (χ2v) is 5.31. The summed E-state index contributed by atoms with van der Waals surface area (Å²) in [5.74, 6) is -1.58. The van der Waals surface area contributed by atoms with E-state index in [2.05, 4.69) is 6.92 Å². The molecule has 3 heteroatoms. The van der Waals surface area contributed by atoms with Crippen molar-refractivity contribution in [3.63, 3.8) is 0 Å². The normalized spacial score (nSPS) is 17.8. The van der Waals surface area contributed by atoms with Gasteiger partial charge in [0.15, 0.2) is 0 Å². The lowest BCUT2D eigenvalue weighted by molar-refractivity contribution is -0.131. The van der Waals surface area contributed by atoms with Crippen molar-refractivity contribution in [3.8, 4) is 0 Å². The summed E-state index contributed by atoms with van der Waals surface area (Å²) >= 11 is 0. The quantitative estimate of drug-likeness (QED) is 0.274. The van der Waals surface area contributed by atoms with Crippen LogP contribution in [-0.2, 0) is 4.79 Å². The van der Waals surface area contributed by atoms with Crippen molar-refractivity contribution in [1.29, 1.82) is 0 Å². The smallest absolute Gasteiger partial charge is 0.328 e. The SMILES string of the molecule is [2H]C(CCC[C@@H](O)CCCCCCCCC)=C([2H])C([2H])=C([2H])C(=O)O. The molecule has 2 N–H and O–H groups in total. The minimum atomic E-state index is -1.58. The summed E-state index contributed by atoms with van der Waals surface area (Å²) in [6, 6.07) is -2.43. The molecule has 0 spiro atoms. The topological polar surface area (TPSA) is 57.5 Å². The number of hydrogen-bond acceptors (Lipinski definition) is 2. The van der Waals surface area contributed by atoms with Crippen LogP contribution in [0.2, 0.25) is 0 Å². The van der Waals surface area contributed by atoms with Crippen LogP contribution in [0.4, 0.5) is 0 Å². The molecular weight excluding hydrogens is 264 g/mol. The Kier molecular flexibility index (Phi) is 9.88. The van der Waals surface area contributed by atoms with Crippen molar-refractivity contribution in [2.45, 2.75) is 83.7 Å². The lowest BCUT2D eigenvalue weighted by Gasteiger charge is -2.09. The summed E-state index contributed by atoms with van der Waals surface area (Å²) in [6.45, 7) is 2.19. The number of allylic oxidation sites excluding steroid dienone is 3. The van der Waals surface area contributed by atoms with E-state index in [0.717, 1.165) is 19.3 Å². The minimum Gasteiger partial charge on any atom is -0.478 e. The second kappa shape index (κ2) is 15.3. The highest BCUT2D eigenvalue weighted by Gasteiger charge is 2.02. The van der Waals surface area contributed by atoms with Gasteiger partial charge in [0, 0.05) is 6.05 Å². The molecule has 0 amide bonds. The van der Waals surface area contributed by atoms with Crippen molar-refractivity contribution in [3.05, 3.63) is 24.2 Å². The molecule has 0 bridgehead atoms. The first-order valence-corrected chi connectivity index (χ1v) is 8.06. The largest absolute Gasteiger partial charge is 0.478 e. The fourth-order valence-corrected chi connectivity index (χ4v) is 2.10. The molecule has 21 heavy (non-hydrogen) atoms. The van der Waals surface area contributed by atoms with E-state index in [1.807, 2.05) is 0 Å². The van der Waals surface area contributed by atoms with Crippen LogP contribution in [0.25, 0.3) is 0 Å². The molecule has 0 aliphatic heterocycles. The molecule has 122 valence electrons. The Morgan fingerprint density at radius 3 is 2.33 bits per heavy atom. The third kappa shape index (κ3) is 16.9. The maximum Gasteiger partial charge on any atom is 0.328 e. The number of aliphatic carboxylic acids is 1. The molecule has 0 aliphatic carbocycles. The number of aliphatic hydroxyl groups excluding tert-OH is 1. The van der Waals surface area contributed by atoms with E-state index in [-0.39, 0.29) is 12.5 Å². The highest BCUT2D eigenvalue weighted by Crippen LogP contribution is 2.12. The Bertz CT molecular complexity index is 461. The molecule has 0 fully saturated rings. The summed E-state index contributed by atoms with van der Waals surface area (Å²) in [4.78, 5) is 10.6. The Morgan fingerprint density at radius 1 is 1.05 bits per heavy atom. The Hall–Kier alpha value is -1.09. The van der Waals surface area contributed by atoms with Gasteiger partial charge in [0.1, 0.15) is 0 Å². The number of unbranched alkanes of at least 4 members (excludes halogenated alkanes) is 6. The van der Waals surface area contributed by atoms with Crippen molar-refractivity contribution in [2.75, 3.05) is 0 Å². The van der Waals surface area contributed by atoms with Crippen LogP contribution in [0, 0.1) is 0 Å². The van der Waals surface area contributed by atoms with Gasteiger partial charge in [-0.2, -0.15) is 0 Å². The van der Waals surface area contributed by atoms with Gasteiger partial charge in [0.2, 0.25) is 0 Å². The van der Waals surface area contributed by atoms with Crippen LogP contribution in [-0.4, -0.2) is 22.3 Å². The number of carbonyl (C=O) groups is 1. The monoisotopic (exact) mass is 300 g/mol. The lowest BCUT2D eigenvalue weighted by atomic mass is 10.0. The van der Waals surface area contributed by atoms with Gasteiger partial charge in [0.25, 0.3) is 0 Å². The molecule has 0 saturated carbocycles. The maximum absolute atomic E-state index is 10.6. The van der Waals surface area contributed by atoms with E-state index in [4.69, 9.17) is 10.6 Å². The fourth-order valence-electron chi connectivity index (χ4n) is 2.10. The standard InChI is InChI=1S/C18H32O3/c1-2-3-4-5-6-8-11-14-17(19)15-12-9-7-10-13-16-18(20)21/h7,10,13,16-17,19H,2-6,8-9,11-12,14-15H2,1H3,(H,20,21)/t17-/m0/s1/i7D,10D,13D,16D. The third-order valence-electron chi connectivity index (χ3n) is 3.30. The van der Waals surface area contributed by atoms with Crippen molar-refractivity contribution >= 4 is 5.97 Å². The molecule has 0 radical (unpaired) electrons. The highest BCUT2D eigenvalue weighted by molar-refractivity contribution is 5.80. The van der Waals surface area contributed by atoms with Crippen molar-refractivity contribution in [1.82, 2.24) is 0 Å². The number of rotatable bonds is 14. The summed E-state index contributed by atoms with van der Waals surface area (Å²) < 4.78 is 29.9. The molecular formula is C18H32O3. The van der Waals surface area contributed by atoms with Gasteiger partial charge >= 0.3 is 5.97 Å². The summed E-state index contributed by atoms with van der Waals surface area (Å²) in [6.07, 6.45) is 9.90. The van der Waals surface area contributed by atoms with Crippen LogP contribution in [0.1, 0.15) is 83.0 Å². The second-order valence-electron chi connectivity index (χ2n) is 5.31. The Morgan fingerprint density at radius 2 is 1.67 bits per heavy atom. The molecule has 0 heterocycles. The van der Waals surface area contributed by atoms with E-state index < -0.39 is 30.2 Å². The number of hydrogen-bond donors (Lipinski definition) is 2. The zero-order valence-electron chi connectivity index (χ0n) is 17.2. The zero-order chi connectivity index (χ0) is 19.2. The molecule has 0 unspecified atom stereocenters. The number of aliphatic hydroxyl groups is 1. The molecule has 1 atom stereocenters. The first-order chi connectivity index (χ1) is 11.8. The van der Waals surface area contributed by atoms with Crippen LogP contribution in [0.15, 0.2) is 24.2 Å². The Balaban J connectivity index is 4.03. The first-order valence-electron chi connectivity index (χ1n) is 10.1. The van der Waals surface area contributed by atoms with E-state index >= 15 is 0 Å². The van der Waals surface area contributed by atoms with Gasteiger partial charge in [-0.15, -0.1) is 0 Å². The fraction of sp³-hybridized carbons (Fsp3) is 0.722. The number of carboxylic acids is 1. The van der Waals surface area contributed by atoms with E-state index in [1.165, 1.54) is 32.1 Å². The van der Waals surface area contributed by atoms with Gasteiger partial charge in [-0.05, 0) is 25.7 Å². The summed E-state index contributed by atoms with van der Waals surface area (Å²) in [7, 11) is 0. The zero-order valence-corrected chi connectivity index (χ0v) is 13.2. The van der Waals surface area contributed by atoms with Crippen LogP contribution in [0.3, 0.4) is 0 Å². The average molecular weight is 300 g/mol. The molecule has 3 nitrogen and oxygen atoms in total. The highest BCUT2D eigenvalue weighted by atomic mass is 16.4. The molecule has 0 aromatic carbocycles. The van der Waals surface area contributed by atoms with Crippen molar-refractivity contribution in [2.24, 2.45) is 0 Å². The van der Waals surface area contributed by atoms with Crippen LogP contribution < -0.4 is 0 Å². The van der Waals surface area contributed by atoms with E-state index in [9.17, 15) is 9.90 Å². The molecule has 0 rings (SSSR count). The van der Waals surface area contributed by atoms with Gasteiger partial charge in [-0.3, -0.25) is 0 Å². The third-order valence-corrected chi connectivity index (χ3v) is 3.30.